The van der Waals surface area contributed by atoms with Crippen molar-refractivity contribution < 1.29 is 9.69 Å². The van der Waals surface area contributed by atoms with Gasteiger partial charge < -0.3 is 14.8 Å². The van der Waals surface area contributed by atoms with Crippen LogP contribution in [0, 0.1) is 0 Å². The minimum atomic E-state index is -0.0853. The Morgan fingerprint density at radius 1 is 1.52 bits per heavy atom. The SMILES string of the molecule is Cn1cccc1[C@@H]1CCC[NH+]1CC(=O)Nc1ncc(Cl)cc1Cl. The molecule has 2 atom stereocenters. The van der Waals surface area contributed by atoms with E-state index in [0.29, 0.717) is 28.4 Å². The molecule has 2 aromatic rings. The monoisotopic (exact) mass is 353 g/mol. The maximum Gasteiger partial charge on any atom is 0.280 e. The van der Waals surface area contributed by atoms with E-state index in [-0.39, 0.29) is 5.91 Å². The number of carbonyl (C=O) groups is 1. The average molecular weight is 354 g/mol. The van der Waals surface area contributed by atoms with Gasteiger partial charge in [-0.3, -0.25) is 4.79 Å². The lowest BCUT2D eigenvalue weighted by molar-refractivity contribution is -0.910. The molecule has 7 heteroatoms. The zero-order chi connectivity index (χ0) is 16.4. The number of halogens is 2. The van der Waals surface area contributed by atoms with Crippen LogP contribution < -0.4 is 10.2 Å². The van der Waals surface area contributed by atoms with Gasteiger partial charge >= 0.3 is 0 Å². The van der Waals surface area contributed by atoms with Crippen molar-refractivity contribution >= 4 is 34.9 Å². The first-order valence-electron chi connectivity index (χ1n) is 7.61. The van der Waals surface area contributed by atoms with Crippen LogP contribution in [0.1, 0.15) is 24.6 Å². The summed E-state index contributed by atoms with van der Waals surface area (Å²) >= 11 is 11.9. The van der Waals surface area contributed by atoms with Crippen LogP contribution in [-0.2, 0) is 11.8 Å². The normalized spacial score (nSPS) is 20.7. The highest BCUT2D eigenvalue weighted by molar-refractivity contribution is 6.36. The molecule has 122 valence electrons. The first-order valence-corrected chi connectivity index (χ1v) is 8.37. The molecule has 1 aliphatic heterocycles. The van der Waals surface area contributed by atoms with Crippen molar-refractivity contribution in [3.63, 3.8) is 0 Å². The van der Waals surface area contributed by atoms with Crippen molar-refractivity contribution in [1.82, 2.24) is 9.55 Å². The second-order valence-electron chi connectivity index (χ2n) is 5.86. The third-order valence-corrected chi connectivity index (χ3v) is 4.77. The molecule has 23 heavy (non-hydrogen) atoms. The molecule has 0 saturated carbocycles. The van der Waals surface area contributed by atoms with E-state index in [0.717, 1.165) is 19.4 Å². The van der Waals surface area contributed by atoms with Crippen LogP contribution >= 0.6 is 23.2 Å². The van der Waals surface area contributed by atoms with Crippen LogP contribution in [0.25, 0.3) is 0 Å². The Morgan fingerprint density at radius 3 is 3.04 bits per heavy atom. The number of aryl methyl sites for hydroxylation is 1. The zero-order valence-corrected chi connectivity index (χ0v) is 14.4. The summed E-state index contributed by atoms with van der Waals surface area (Å²) in [6.07, 6.45) is 5.74. The number of aromatic nitrogens is 2. The molecule has 0 bridgehead atoms. The summed E-state index contributed by atoms with van der Waals surface area (Å²) < 4.78 is 2.13. The Kier molecular flexibility index (Phi) is 4.90. The lowest BCUT2D eigenvalue weighted by Gasteiger charge is -2.21. The number of anilines is 1. The zero-order valence-electron chi connectivity index (χ0n) is 12.9. The van der Waals surface area contributed by atoms with Crippen molar-refractivity contribution in [1.29, 1.82) is 0 Å². The average Bonchev–Trinajstić information content (AvgIpc) is 3.10. The van der Waals surface area contributed by atoms with Crippen molar-refractivity contribution in [2.75, 3.05) is 18.4 Å². The number of rotatable bonds is 4. The lowest BCUT2D eigenvalue weighted by Crippen LogP contribution is -3.11. The molecule has 0 aromatic carbocycles. The van der Waals surface area contributed by atoms with Gasteiger partial charge in [0.05, 0.1) is 22.3 Å². The van der Waals surface area contributed by atoms with Gasteiger partial charge in [0, 0.05) is 32.3 Å². The van der Waals surface area contributed by atoms with Gasteiger partial charge in [0.15, 0.2) is 12.4 Å². The second-order valence-corrected chi connectivity index (χ2v) is 6.70. The van der Waals surface area contributed by atoms with Gasteiger partial charge in [-0.2, -0.15) is 0 Å². The fourth-order valence-electron chi connectivity index (χ4n) is 3.21. The number of likely N-dealkylation sites (tertiary alicyclic amines) is 1. The molecule has 0 radical (unpaired) electrons. The molecule has 1 saturated heterocycles. The first-order chi connectivity index (χ1) is 11.0. The van der Waals surface area contributed by atoms with E-state index >= 15 is 0 Å². The van der Waals surface area contributed by atoms with Gasteiger partial charge in [-0.25, -0.2) is 4.98 Å². The number of pyridine rings is 1. The predicted molar refractivity (Wildman–Crippen MR) is 91.0 cm³/mol. The van der Waals surface area contributed by atoms with E-state index < -0.39 is 0 Å². The van der Waals surface area contributed by atoms with E-state index in [1.165, 1.54) is 16.8 Å². The fraction of sp³-hybridized carbons (Fsp3) is 0.375. The van der Waals surface area contributed by atoms with Gasteiger partial charge in [-0.1, -0.05) is 23.2 Å². The quantitative estimate of drug-likeness (QED) is 0.884. The maximum atomic E-state index is 12.3. The Bertz CT molecular complexity index is 716. The van der Waals surface area contributed by atoms with Crippen LogP contribution in [0.2, 0.25) is 10.0 Å². The number of carbonyl (C=O) groups excluding carboxylic acids is 1. The van der Waals surface area contributed by atoms with Gasteiger partial charge in [0.1, 0.15) is 6.04 Å². The van der Waals surface area contributed by atoms with E-state index in [4.69, 9.17) is 23.2 Å². The summed E-state index contributed by atoms with van der Waals surface area (Å²) in [7, 11) is 2.04. The molecule has 0 spiro atoms. The fourth-order valence-corrected chi connectivity index (χ4v) is 3.63. The maximum absolute atomic E-state index is 12.3. The molecule has 2 N–H and O–H groups in total. The Balaban J connectivity index is 1.66. The van der Waals surface area contributed by atoms with Crippen LogP contribution in [-0.4, -0.2) is 28.5 Å². The molecular weight excluding hydrogens is 335 g/mol. The standard InChI is InChI=1S/C16H18Cl2N4O/c1-21-6-2-4-13(21)14-5-3-7-22(14)10-15(23)20-16-12(18)8-11(17)9-19-16/h2,4,6,8-9,14H,3,5,7,10H2,1H3,(H,19,20,23)/p+1/t14-/m0/s1. The Labute approximate surface area is 145 Å². The number of nitrogens with one attached hydrogen (secondary N) is 2. The number of nitrogens with zero attached hydrogens (tertiary/aromatic N) is 2. The van der Waals surface area contributed by atoms with Crippen molar-refractivity contribution in [2.24, 2.45) is 7.05 Å². The molecule has 2 aromatic heterocycles. The largest absolute Gasteiger partial charge is 0.350 e. The minimum absolute atomic E-state index is 0.0853. The summed E-state index contributed by atoms with van der Waals surface area (Å²) in [6.45, 7) is 1.39. The molecule has 1 amide bonds. The Hall–Kier alpha value is -1.56. The van der Waals surface area contributed by atoms with Gasteiger partial charge in [-0.15, -0.1) is 0 Å². The highest BCUT2D eigenvalue weighted by Gasteiger charge is 2.33. The van der Waals surface area contributed by atoms with Crippen molar-refractivity contribution in [3.8, 4) is 0 Å². The van der Waals surface area contributed by atoms with E-state index in [2.05, 4.69) is 20.9 Å². The minimum Gasteiger partial charge on any atom is -0.350 e. The van der Waals surface area contributed by atoms with Gasteiger partial charge in [0.25, 0.3) is 5.91 Å². The summed E-state index contributed by atoms with van der Waals surface area (Å²) in [6, 6.07) is 6.10. The number of quaternary nitrogens is 1. The number of hydrogen-bond acceptors (Lipinski definition) is 2. The van der Waals surface area contributed by atoms with Crippen LogP contribution in [0.5, 0.6) is 0 Å². The van der Waals surface area contributed by atoms with Crippen LogP contribution in [0.4, 0.5) is 5.82 Å². The molecule has 1 fully saturated rings. The predicted octanol–water partition coefficient (Wildman–Crippen LogP) is 2.09. The third-order valence-electron chi connectivity index (χ3n) is 4.28. The number of hydrogen-bond donors (Lipinski definition) is 2. The van der Waals surface area contributed by atoms with E-state index in [9.17, 15) is 4.79 Å². The molecule has 1 unspecified atom stereocenters. The summed E-state index contributed by atoms with van der Waals surface area (Å²) in [4.78, 5) is 17.7. The highest BCUT2D eigenvalue weighted by Crippen LogP contribution is 2.22. The van der Waals surface area contributed by atoms with Crippen molar-refractivity contribution in [3.05, 3.63) is 46.3 Å². The topological polar surface area (TPSA) is 51.4 Å². The molecular formula is C16H19Cl2N4O+. The second kappa shape index (κ2) is 6.91. The molecule has 0 aliphatic carbocycles. The summed E-state index contributed by atoms with van der Waals surface area (Å²) in [5, 5.41) is 3.57. The summed E-state index contributed by atoms with van der Waals surface area (Å²) in [5.74, 6) is 0.271. The van der Waals surface area contributed by atoms with Crippen LogP contribution in [0.3, 0.4) is 0 Å². The van der Waals surface area contributed by atoms with Gasteiger partial charge in [0.2, 0.25) is 0 Å². The van der Waals surface area contributed by atoms with Crippen molar-refractivity contribution in [2.45, 2.75) is 18.9 Å². The molecule has 5 nitrogen and oxygen atoms in total. The van der Waals surface area contributed by atoms with E-state index in [1.54, 1.807) is 6.07 Å². The number of amides is 1. The Morgan fingerprint density at radius 2 is 2.35 bits per heavy atom. The third kappa shape index (κ3) is 3.68. The molecule has 3 rings (SSSR count). The van der Waals surface area contributed by atoms with Gasteiger partial charge in [-0.05, 0) is 18.2 Å². The smallest absolute Gasteiger partial charge is 0.280 e. The molecule has 1 aliphatic rings. The van der Waals surface area contributed by atoms with Crippen LogP contribution in [0.15, 0.2) is 30.6 Å². The first kappa shape index (κ1) is 16.3. The van der Waals surface area contributed by atoms with E-state index in [1.807, 2.05) is 19.3 Å². The lowest BCUT2D eigenvalue weighted by atomic mass is 10.1. The highest BCUT2D eigenvalue weighted by atomic mass is 35.5. The summed E-state index contributed by atoms with van der Waals surface area (Å²) in [5.41, 5.74) is 1.27. The molecule has 3 heterocycles.